The van der Waals surface area contributed by atoms with Crippen molar-refractivity contribution in [2.24, 2.45) is 4.99 Å². The Bertz CT molecular complexity index is 979. The van der Waals surface area contributed by atoms with Gasteiger partial charge in [0.2, 0.25) is 0 Å². The lowest BCUT2D eigenvalue weighted by Crippen LogP contribution is -2.36. The zero-order valence-electron chi connectivity index (χ0n) is 16.6. The fourth-order valence-electron chi connectivity index (χ4n) is 3.40. The van der Waals surface area contributed by atoms with Gasteiger partial charge in [-0.2, -0.15) is 0 Å². The molecule has 0 fully saturated rings. The third kappa shape index (κ3) is 3.80. The third-order valence-corrected chi connectivity index (χ3v) is 5.12. The van der Waals surface area contributed by atoms with E-state index in [-0.39, 0.29) is 6.17 Å². The summed E-state index contributed by atoms with van der Waals surface area (Å²) in [7, 11) is 0. The molecule has 28 heavy (non-hydrogen) atoms. The summed E-state index contributed by atoms with van der Waals surface area (Å²) in [6, 6.07) is 17.0. The van der Waals surface area contributed by atoms with E-state index in [1.54, 1.807) is 0 Å². The Morgan fingerprint density at radius 3 is 2.54 bits per heavy atom. The average molecular weight is 374 g/mol. The first kappa shape index (κ1) is 18.3. The van der Waals surface area contributed by atoms with Gasteiger partial charge in [0.25, 0.3) is 0 Å². The van der Waals surface area contributed by atoms with E-state index in [1.165, 1.54) is 22.3 Å². The molecule has 5 nitrogen and oxygen atoms in total. The molecule has 1 unspecified atom stereocenters. The average Bonchev–Trinajstić information content (AvgIpc) is 2.67. The number of rotatable bonds is 6. The van der Waals surface area contributed by atoms with Crippen molar-refractivity contribution in [2.45, 2.75) is 39.4 Å². The SMILES string of the molecule is CC1=CNC(c2ccccc2C(C)C)=NC1NCc1ccc(-n2cc[nH]2)cc1. The van der Waals surface area contributed by atoms with E-state index in [9.17, 15) is 0 Å². The summed E-state index contributed by atoms with van der Waals surface area (Å²) in [6.45, 7) is 7.30. The molecule has 0 saturated heterocycles. The first-order valence-electron chi connectivity index (χ1n) is 9.76. The van der Waals surface area contributed by atoms with Crippen molar-refractivity contribution in [2.75, 3.05) is 0 Å². The summed E-state index contributed by atoms with van der Waals surface area (Å²) in [5.74, 6) is 1.38. The molecule has 4 rings (SSSR count). The fraction of sp³-hybridized carbons (Fsp3) is 0.261. The minimum Gasteiger partial charge on any atom is -0.346 e. The van der Waals surface area contributed by atoms with Gasteiger partial charge in [-0.3, -0.25) is 10.00 Å². The molecular weight excluding hydrogens is 346 g/mol. The molecule has 1 atom stereocenters. The maximum atomic E-state index is 4.96. The van der Waals surface area contributed by atoms with E-state index in [4.69, 9.17) is 4.99 Å². The standard InChI is InChI=1S/C23H27N5/c1-16(2)20-6-4-5-7-21(20)23-24-14-17(3)22(27-23)25-15-18-8-10-19(11-9-18)28-13-12-26-28/h4-14,16,22,25-26H,15H2,1-3H3,(H,24,27). The fourth-order valence-corrected chi connectivity index (χ4v) is 3.40. The van der Waals surface area contributed by atoms with Crippen LogP contribution in [0.3, 0.4) is 0 Å². The van der Waals surface area contributed by atoms with Crippen LogP contribution in [0.2, 0.25) is 0 Å². The molecule has 3 N–H and O–H groups in total. The van der Waals surface area contributed by atoms with E-state index in [0.717, 1.165) is 18.1 Å². The highest BCUT2D eigenvalue weighted by atomic mass is 15.3. The van der Waals surface area contributed by atoms with Crippen molar-refractivity contribution in [1.82, 2.24) is 20.4 Å². The van der Waals surface area contributed by atoms with Crippen molar-refractivity contribution < 1.29 is 0 Å². The lowest BCUT2D eigenvalue weighted by Gasteiger charge is -2.24. The molecule has 144 valence electrons. The second kappa shape index (κ2) is 7.90. The largest absolute Gasteiger partial charge is 0.346 e. The molecule has 2 aromatic carbocycles. The van der Waals surface area contributed by atoms with Gasteiger partial charge >= 0.3 is 0 Å². The molecule has 0 saturated carbocycles. The molecule has 2 heterocycles. The Morgan fingerprint density at radius 2 is 1.86 bits per heavy atom. The number of nitrogens with zero attached hydrogens (tertiary/aromatic N) is 2. The van der Waals surface area contributed by atoms with E-state index < -0.39 is 0 Å². The zero-order chi connectivity index (χ0) is 19.5. The van der Waals surface area contributed by atoms with Crippen molar-refractivity contribution in [1.29, 1.82) is 0 Å². The highest BCUT2D eigenvalue weighted by Crippen LogP contribution is 2.21. The highest BCUT2D eigenvalue weighted by molar-refractivity contribution is 6.01. The van der Waals surface area contributed by atoms with Gasteiger partial charge in [-0.25, -0.2) is 4.99 Å². The van der Waals surface area contributed by atoms with Crippen LogP contribution in [0.4, 0.5) is 0 Å². The number of benzene rings is 2. The third-order valence-electron chi connectivity index (χ3n) is 5.12. The summed E-state index contributed by atoms with van der Waals surface area (Å²) in [4.78, 5) is 4.96. The number of nitrogens with one attached hydrogen (secondary N) is 3. The van der Waals surface area contributed by atoms with Gasteiger partial charge in [-0.05, 0) is 41.7 Å². The smallest absolute Gasteiger partial charge is 0.134 e. The molecule has 0 amide bonds. The number of aromatic amines is 1. The number of H-pyrrole nitrogens is 1. The van der Waals surface area contributed by atoms with Gasteiger partial charge in [0.15, 0.2) is 0 Å². The molecule has 1 aromatic heterocycles. The summed E-state index contributed by atoms with van der Waals surface area (Å²) in [5, 5.41) is 10.1. The van der Waals surface area contributed by atoms with Crippen molar-refractivity contribution >= 4 is 5.84 Å². The van der Waals surface area contributed by atoms with Gasteiger partial charge in [-0.15, -0.1) is 0 Å². The van der Waals surface area contributed by atoms with E-state index in [1.807, 2.05) is 17.1 Å². The van der Waals surface area contributed by atoms with Crippen LogP contribution in [0, 0.1) is 0 Å². The van der Waals surface area contributed by atoms with Crippen LogP contribution in [-0.4, -0.2) is 21.8 Å². The Labute approximate surface area is 166 Å². The second-order valence-corrected chi connectivity index (χ2v) is 7.52. The Morgan fingerprint density at radius 1 is 1.11 bits per heavy atom. The molecule has 0 aliphatic carbocycles. The number of amidine groups is 1. The lowest BCUT2D eigenvalue weighted by molar-refractivity contribution is 0.579. The van der Waals surface area contributed by atoms with Crippen LogP contribution in [0.1, 0.15) is 43.4 Å². The number of hydrogen-bond acceptors (Lipinski definition) is 3. The van der Waals surface area contributed by atoms with Crippen molar-refractivity contribution in [3.63, 3.8) is 0 Å². The summed E-state index contributed by atoms with van der Waals surface area (Å²) < 4.78 is 1.99. The molecule has 1 aliphatic heterocycles. The predicted molar refractivity (Wildman–Crippen MR) is 115 cm³/mol. The van der Waals surface area contributed by atoms with E-state index >= 15 is 0 Å². The first-order valence-corrected chi connectivity index (χ1v) is 9.76. The lowest BCUT2D eigenvalue weighted by atomic mass is 9.96. The minimum atomic E-state index is -0.0314. The molecule has 0 radical (unpaired) electrons. The van der Waals surface area contributed by atoms with Crippen LogP contribution < -0.4 is 10.6 Å². The molecular formula is C23H27N5. The highest BCUT2D eigenvalue weighted by Gasteiger charge is 2.18. The normalized spacial score (nSPS) is 16.6. The van der Waals surface area contributed by atoms with Gasteiger partial charge in [0.1, 0.15) is 12.0 Å². The van der Waals surface area contributed by atoms with Crippen LogP contribution in [-0.2, 0) is 6.54 Å². The van der Waals surface area contributed by atoms with Gasteiger partial charge in [-0.1, -0.05) is 50.2 Å². The molecule has 5 heteroatoms. The summed E-state index contributed by atoms with van der Waals surface area (Å²) >= 11 is 0. The van der Waals surface area contributed by atoms with Crippen molar-refractivity contribution in [3.8, 4) is 5.69 Å². The number of aromatic nitrogens is 2. The number of hydrogen-bond donors (Lipinski definition) is 3. The van der Waals surface area contributed by atoms with Gasteiger partial charge in [0.05, 0.1) is 5.69 Å². The van der Waals surface area contributed by atoms with E-state index in [0.29, 0.717) is 5.92 Å². The summed E-state index contributed by atoms with van der Waals surface area (Å²) in [5.41, 5.74) is 6.03. The monoisotopic (exact) mass is 373 g/mol. The molecule has 1 aliphatic rings. The minimum absolute atomic E-state index is 0.0314. The molecule has 0 spiro atoms. The molecule has 3 aromatic rings. The van der Waals surface area contributed by atoms with Crippen LogP contribution in [0.15, 0.2) is 77.7 Å². The second-order valence-electron chi connectivity index (χ2n) is 7.52. The Balaban J connectivity index is 1.48. The maximum absolute atomic E-state index is 4.96. The zero-order valence-corrected chi connectivity index (χ0v) is 16.6. The summed E-state index contributed by atoms with van der Waals surface area (Å²) in [6.07, 6.45) is 5.94. The predicted octanol–water partition coefficient (Wildman–Crippen LogP) is 4.30. The number of aliphatic imine (C=N–C) groups is 1. The first-order chi connectivity index (χ1) is 13.6. The van der Waals surface area contributed by atoms with Crippen LogP contribution in [0.25, 0.3) is 5.69 Å². The van der Waals surface area contributed by atoms with E-state index in [2.05, 4.69) is 91.2 Å². The molecule has 0 bridgehead atoms. The maximum Gasteiger partial charge on any atom is 0.134 e. The Kier molecular flexibility index (Phi) is 5.17. The van der Waals surface area contributed by atoms with Crippen LogP contribution in [0.5, 0.6) is 0 Å². The van der Waals surface area contributed by atoms with Crippen molar-refractivity contribution in [3.05, 3.63) is 89.4 Å². The van der Waals surface area contributed by atoms with Gasteiger partial charge < -0.3 is 10.4 Å². The van der Waals surface area contributed by atoms with Crippen LogP contribution >= 0.6 is 0 Å². The topological polar surface area (TPSA) is 57.1 Å². The quantitative estimate of drug-likeness (QED) is 0.603. The Hall–Kier alpha value is -3.05. The van der Waals surface area contributed by atoms with Gasteiger partial charge in [0, 0.05) is 30.7 Å².